The van der Waals surface area contributed by atoms with Crippen LogP contribution in [0.5, 0.6) is 0 Å². The van der Waals surface area contributed by atoms with E-state index in [-0.39, 0.29) is 17.7 Å². The summed E-state index contributed by atoms with van der Waals surface area (Å²) < 4.78 is 0. The Kier molecular flexibility index (Phi) is 3.93. The third-order valence-electron chi connectivity index (χ3n) is 5.37. The van der Waals surface area contributed by atoms with Gasteiger partial charge in [-0.2, -0.15) is 0 Å². The number of imidazole rings is 1. The van der Waals surface area contributed by atoms with Crippen LogP contribution in [-0.2, 0) is 11.3 Å². The van der Waals surface area contributed by atoms with Crippen LogP contribution in [-0.4, -0.2) is 27.0 Å². The third kappa shape index (κ3) is 2.85. The maximum Gasteiger partial charge on any atom is 0.236 e. The summed E-state index contributed by atoms with van der Waals surface area (Å²) in [5.74, 6) is 0.742. The lowest BCUT2D eigenvalue weighted by Gasteiger charge is -2.34. The molecule has 5 rings (SSSR count). The van der Waals surface area contributed by atoms with Crippen LogP contribution in [0.25, 0.3) is 16.6 Å². The molecule has 2 atom stereocenters. The zero-order valence-electron chi connectivity index (χ0n) is 15.5. The standard InChI is InChI=1S/C23H20N4O/c1-15-25-21-8-7-16(11-22(21)26-15)14-27-10-9-18-19(17-5-3-2-4-6-17)12-24-13-20(18)23(27)28/h2-13,18,20H,14H2,1H3,(H,25,26). The normalized spacial score (nSPS) is 21.1. The Morgan fingerprint density at radius 1 is 1.11 bits per heavy atom. The van der Waals surface area contributed by atoms with E-state index in [1.807, 2.05) is 49.7 Å². The Morgan fingerprint density at radius 3 is 2.82 bits per heavy atom. The maximum atomic E-state index is 13.1. The fourth-order valence-electron chi connectivity index (χ4n) is 4.00. The second kappa shape index (κ2) is 6.60. The summed E-state index contributed by atoms with van der Waals surface area (Å²) in [6, 6.07) is 16.2. The molecule has 0 saturated heterocycles. The van der Waals surface area contributed by atoms with E-state index < -0.39 is 0 Å². The number of nitrogens with one attached hydrogen (secondary N) is 1. The van der Waals surface area contributed by atoms with Crippen molar-refractivity contribution in [1.29, 1.82) is 0 Å². The van der Waals surface area contributed by atoms with Crippen molar-refractivity contribution in [2.45, 2.75) is 13.5 Å². The van der Waals surface area contributed by atoms with E-state index in [9.17, 15) is 4.79 Å². The van der Waals surface area contributed by atoms with Gasteiger partial charge in [0.15, 0.2) is 0 Å². The molecule has 2 aliphatic rings. The lowest BCUT2D eigenvalue weighted by molar-refractivity contribution is -0.132. The largest absolute Gasteiger partial charge is 0.342 e. The minimum absolute atomic E-state index is 0.0291. The van der Waals surface area contributed by atoms with Crippen molar-refractivity contribution >= 4 is 28.7 Å². The van der Waals surface area contributed by atoms with Gasteiger partial charge in [0, 0.05) is 24.5 Å². The zero-order valence-corrected chi connectivity index (χ0v) is 15.5. The Bertz CT molecular complexity index is 1140. The monoisotopic (exact) mass is 368 g/mol. The van der Waals surface area contributed by atoms with Crippen LogP contribution >= 0.6 is 0 Å². The van der Waals surface area contributed by atoms with Gasteiger partial charge in [-0.05, 0) is 35.8 Å². The number of nitrogens with zero attached hydrogens (tertiary/aromatic N) is 3. The Hall–Kier alpha value is -3.47. The molecule has 28 heavy (non-hydrogen) atoms. The highest BCUT2D eigenvalue weighted by molar-refractivity contribution is 5.99. The predicted molar refractivity (Wildman–Crippen MR) is 110 cm³/mol. The van der Waals surface area contributed by atoms with Crippen LogP contribution in [0.1, 0.15) is 17.0 Å². The summed E-state index contributed by atoms with van der Waals surface area (Å²) in [5.41, 5.74) is 5.21. The van der Waals surface area contributed by atoms with Gasteiger partial charge in [0.1, 0.15) is 5.82 Å². The number of carbonyl (C=O) groups is 1. The number of carbonyl (C=O) groups excluding carboxylic acids is 1. The topological polar surface area (TPSA) is 61.4 Å². The zero-order chi connectivity index (χ0) is 19.1. The van der Waals surface area contributed by atoms with Gasteiger partial charge in [-0.1, -0.05) is 42.5 Å². The molecular weight excluding hydrogens is 348 g/mol. The van der Waals surface area contributed by atoms with Crippen LogP contribution < -0.4 is 0 Å². The van der Waals surface area contributed by atoms with Crippen molar-refractivity contribution in [3.8, 4) is 0 Å². The van der Waals surface area contributed by atoms with Gasteiger partial charge in [-0.15, -0.1) is 0 Å². The molecule has 2 unspecified atom stereocenters. The molecular formula is C23H20N4O. The molecule has 0 bridgehead atoms. The first-order valence-electron chi connectivity index (χ1n) is 9.42. The van der Waals surface area contributed by atoms with E-state index >= 15 is 0 Å². The summed E-state index contributed by atoms with van der Waals surface area (Å²) in [7, 11) is 0. The molecule has 1 aromatic heterocycles. The number of aromatic amines is 1. The molecule has 0 saturated carbocycles. The number of aromatic nitrogens is 2. The molecule has 3 aromatic rings. The van der Waals surface area contributed by atoms with E-state index in [1.54, 1.807) is 11.1 Å². The van der Waals surface area contributed by atoms with Gasteiger partial charge in [-0.3, -0.25) is 9.79 Å². The van der Waals surface area contributed by atoms with Crippen molar-refractivity contribution < 1.29 is 4.79 Å². The molecule has 2 aliphatic heterocycles. The van der Waals surface area contributed by atoms with E-state index in [2.05, 4.69) is 39.2 Å². The third-order valence-corrected chi connectivity index (χ3v) is 5.37. The summed E-state index contributed by atoms with van der Waals surface area (Å²) in [5, 5.41) is 0. The molecule has 1 N–H and O–H groups in total. The Labute approximate surface area is 163 Å². The quantitative estimate of drug-likeness (QED) is 0.757. The van der Waals surface area contributed by atoms with E-state index in [0.717, 1.165) is 33.6 Å². The van der Waals surface area contributed by atoms with E-state index in [4.69, 9.17) is 0 Å². The minimum Gasteiger partial charge on any atom is -0.342 e. The molecule has 1 amide bonds. The van der Waals surface area contributed by atoms with Gasteiger partial charge >= 0.3 is 0 Å². The highest BCUT2D eigenvalue weighted by atomic mass is 16.2. The highest BCUT2D eigenvalue weighted by Crippen LogP contribution is 2.36. The number of aryl methyl sites for hydroxylation is 1. The highest BCUT2D eigenvalue weighted by Gasteiger charge is 2.36. The van der Waals surface area contributed by atoms with Crippen molar-refractivity contribution in [3.63, 3.8) is 0 Å². The van der Waals surface area contributed by atoms with Gasteiger partial charge in [0.05, 0.1) is 23.5 Å². The molecule has 3 heterocycles. The molecule has 138 valence electrons. The van der Waals surface area contributed by atoms with Crippen LogP contribution in [0.4, 0.5) is 0 Å². The molecule has 0 spiro atoms. The number of fused-ring (bicyclic) bond motifs is 2. The number of amides is 1. The number of rotatable bonds is 3. The number of aliphatic imine (C=N–C) groups is 1. The second-order valence-electron chi connectivity index (χ2n) is 7.28. The number of hydrogen-bond donors (Lipinski definition) is 1. The summed E-state index contributed by atoms with van der Waals surface area (Å²) in [6.07, 6.45) is 7.69. The first-order chi connectivity index (χ1) is 13.7. The van der Waals surface area contributed by atoms with Crippen molar-refractivity contribution in [3.05, 3.63) is 84.0 Å². The number of allylic oxidation sites excluding steroid dienone is 2. The predicted octanol–water partition coefficient (Wildman–Crippen LogP) is 4.09. The Morgan fingerprint density at radius 2 is 1.96 bits per heavy atom. The van der Waals surface area contributed by atoms with Crippen molar-refractivity contribution in [2.24, 2.45) is 16.8 Å². The molecule has 0 radical (unpaired) electrons. The van der Waals surface area contributed by atoms with Crippen LogP contribution in [0.2, 0.25) is 0 Å². The molecule has 0 aliphatic carbocycles. The van der Waals surface area contributed by atoms with E-state index in [1.165, 1.54) is 0 Å². The lowest BCUT2D eigenvalue weighted by atomic mass is 9.79. The summed E-state index contributed by atoms with van der Waals surface area (Å²) >= 11 is 0. The smallest absolute Gasteiger partial charge is 0.236 e. The molecule has 5 heteroatoms. The first kappa shape index (κ1) is 16.7. The van der Waals surface area contributed by atoms with Crippen LogP contribution in [0, 0.1) is 18.8 Å². The second-order valence-corrected chi connectivity index (χ2v) is 7.28. The number of H-pyrrole nitrogens is 1. The number of benzene rings is 2. The summed E-state index contributed by atoms with van der Waals surface area (Å²) in [6.45, 7) is 2.47. The van der Waals surface area contributed by atoms with Gasteiger partial charge in [-0.25, -0.2) is 4.98 Å². The molecule has 5 nitrogen and oxygen atoms in total. The van der Waals surface area contributed by atoms with Crippen LogP contribution in [0.15, 0.2) is 72.0 Å². The van der Waals surface area contributed by atoms with Crippen LogP contribution in [0.3, 0.4) is 0 Å². The van der Waals surface area contributed by atoms with Crippen molar-refractivity contribution in [1.82, 2.24) is 14.9 Å². The fourth-order valence-corrected chi connectivity index (χ4v) is 4.00. The van der Waals surface area contributed by atoms with Crippen molar-refractivity contribution in [2.75, 3.05) is 0 Å². The SMILES string of the molecule is Cc1nc2ccc(CN3C=CC4C(c5ccccc5)=CN=CC4C3=O)cc2[nH]1. The number of hydrogen-bond acceptors (Lipinski definition) is 3. The van der Waals surface area contributed by atoms with Gasteiger partial charge < -0.3 is 9.88 Å². The first-order valence-corrected chi connectivity index (χ1v) is 9.42. The van der Waals surface area contributed by atoms with Gasteiger partial charge in [0.25, 0.3) is 0 Å². The van der Waals surface area contributed by atoms with E-state index in [0.29, 0.717) is 6.54 Å². The molecule has 0 fully saturated rings. The van der Waals surface area contributed by atoms with Gasteiger partial charge in [0.2, 0.25) is 5.91 Å². The molecule has 2 aromatic carbocycles. The summed E-state index contributed by atoms with van der Waals surface area (Å²) in [4.78, 5) is 27.0. The lowest BCUT2D eigenvalue weighted by Crippen LogP contribution is -2.40. The average molecular weight is 368 g/mol. The average Bonchev–Trinajstić information content (AvgIpc) is 3.10. The fraction of sp³-hybridized carbons (Fsp3) is 0.174. The minimum atomic E-state index is -0.261. The Balaban J connectivity index is 1.42. The maximum absolute atomic E-state index is 13.1.